The summed E-state index contributed by atoms with van der Waals surface area (Å²) in [6.07, 6.45) is 1.61. The van der Waals surface area contributed by atoms with E-state index in [-0.39, 0.29) is 5.91 Å². The molecule has 0 atom stereocenters. The van der Waals surface area contributed by atoms with Crippen LogP contribution in [0.5, 0.6) is 5.75 Å². The first kappa shape index (κ1) is 13.9. The molecule has 2 rings (SSSR count). The van der Waals surface area contributed by atoms with Gasteiger partial charge in [0.2, 0.25) is 5.91 Å². The van der Waals surface area contributed by atoms with Crippen molar-refractivity contribution in [2.75, 3.05) is 7.11 Å². The van der Waals surface area contributed by atoms with Crippen LogP contribution >= 0.6 is 11.3 Å². The molecule has 102 valence electrons. The zero-order chi connectivity index (χ0) is 14.0. The Morgan fingerprint density at radius 3 is 2.79 bits per heavy atom. The van der Waals surface area contributed by atoms with Crippen LogP contribution in [0.15, 0.2) is 23.6 Å². The highest BCUT2D eigenvalue weighted by Crippen LogP contribution is 2.32. The van der Waals surface area contributed by atoms with Crippen molar-refractivity contribution in [3.8, 4) is 5.75 Å². The number of carbonyl (C=O) groups excluding carboxylic acids is 1. The van der Waals surface area contributed by atoms with Gasteiger partial charge in [-0.3, -0.25) is 4.79 Å². The smallest absolute Gasteiger partial charge is 0.223 e. The molecule has 0 saturated heterocycles. The quantitative estimate of drug-likeness (QED) is 0.911. The number of methoxy groups -OCH3 is 1. The molecule has 0 radical (unpaired) electrons. The number of ether oxygens (including phenoxy) is 1. The molecule has 0 unspecified atom stereocenters. The van der Waals surface area contributed by atoms with Gasteiger partial charge < -0.3 is 10.5 Å². The molecule has 0 fully saturated rings. The molecule has 2 aromatic rings. The van der Waals surface area contributed by atoms with E-state index in [4.69, 9.17) is 10.5 Å². The normalized spacial score (nSPS) is 11.7. The maximum atomic E-state index is 11.3. The van der Waals surface area contributed by atoms with Crippen LogP contribution in [0.3, 0.4) is 0 Å². The van der Waals surface area contributed by atoms with E-state index in [0.717, 1.165) is 18.6 Å². The summed E-state index contributed by atoms with van der Waals surface area (Å²) in [5, 5.41) is 3.37. The zero-order valence-electron chi connectivity index (χ0n) is 11.5. The van der Waals surface area contributed by atoms with Gasteiger partial charge in [0.15, 0.2) is 0 Å². The SMILES string of the molecule is COc1ccc2scc(CCC(C)(C)C(N)=O)c2c1. The predicted octanol–water partition coefficient (Wildman–Crippen LogP) is 3.35. The van der Waals surface area contributed by atoms with Crippen molar-refractivity contribution >= 4 is 27.3 Å². The summed E-state index contributed by atoms with van der Waals surface area (Å²) in [5.74, 6) is 0.617. The van der Waals surface area contributed by atoms with Gasteiger partial charge in [-0.15, -0.1) is 11.3 Å². The monoisotopic (exact) mass is 277 g/mol. The average molecular weight is 277 g/mol. The van der Waals surface area contributed by atoms with Crippen LogP contribution in [0.4, 0.5) is 0 Å². The highest BCUT2D eigenvalue weighted by molar-refractivity contribution is 7.17. The Bertz CT molecular complexity index is 601. The van der Waals surface area contributed by atoms with Crippen LogP contribution in [0.1, 0.15) is 25.8 Å². The predicted molar refractivity (Wildman–Crippen MR) is 79.7 cm³/mol. The fourth-order valence-electron chi connectivity index (χ4n) is 1.95. The zero-order valence-corrected chi connectivity index (χ0v) is 12.3. The van der Waals surface area contributed by atoms with E-state index in [0.29, 0.717) is 0 Å². The van der Waals surface area contributed by atoms with Crippen LogP contribution in [-0.2, 0) is 11.2 Å². The molecule has 0 aliphatic heterocycles. The van der Waals surface area contributed by atoms with E-state index in [1.807, 2.05) is 19.9 Å². The van der Waals surface area contributed by atoms with Gasteiger partial charge in [-0.2, -0.15) is 0 Å². The minimum atomic E-state index is -0.465. The molecule has 0 bridgehead atoms. The maximum absolute atomic E-state index is 11.3. The molecule has 2 N–H and O–H groups in total. The lowest BCUT2D eigenvalue weighted by atomic mass is 9.85. The molecule has 1 amide bonds. The lowest BCUT2D eigenvalue weighted by Crippen LogP contribution is -2.31. The minimum absolute atomic E-state index is 0.246. The van der Waals surface area contributed by atoms with Gasteiger partial charge in [-0.1, -0.05) is 13.8 Å². The topological polar surface area (TPSA) is 52.3 Å². The van der Waals surface area contributed by atoms with Crippen LogP contribution < -0.4 is 10.5 Å². The van der Waals surface area contributed by atoms with Crippen molar-refractivity contribution in [2.45, 2.75) is 26.7 Å². The lowest BCUT2D eigenvalue weighted by molar-refractivity contribution is -0.126. The van der Waals surface area contributed by atoms with E-state index in [1.54, 1.807) is 18.4 Å². The van der Waals surface area contributed by atoms with Crippen LogP contribution in [0, 0.1) is 5.41 Å². The van der Waals surface area contributed by atoms with E-state index in [2.05, 4.69) is 17.5 Å². The second-order valence-electron chi connectivity index (χ2n) is 5.37. The summed E-state index contributed by atoms with van der Waals surface area (Å²) < 4.78 is 6.50. The Morgan fingerprint density at radius 2 is 2.16 bits per heavy atom. The van der Waals surface area contributed by atoms with Crippen LogP contribution in [0.2, 0.25) is 0 Å². The number of nitrogens with two attached hydrogens (primary N) is 1. The summed E-state index contributed by atoms with van der Waals surface area (Å²) in [7, 11) is 1.67. The number of thiophene rings is 1. The number of carbonyl (C=O) groups is 1. The Kier molecular flexibility index (Phi) is 3.80. The lowest BCUT2D eigenvalue weighted by Gasteiger charge is -2.19. The van der Waals surface area contributed by atoms with Gasteiger partial charge in [0.05, 0.1) is 7.11 Å². The molecule has 1 heterocycles. The van der Waals surface area contributed by atoms with E-state index in [1.165, 1.54) is 15.6 Å². The second kappa shape index (κ2) is 5.21. The van der Waals surface area contributed by atoms with Crippen molar-refractivity contribution in [3.05, 3.63) is 29.1 Å². The molecule has 1 aromatic carbocycles. The summed E-state index contributed by atoms with van der Waals surface area (Å²) in [4.78, 5) is 11.3. The number of benzene rings is 1. The number of hydrogen-bond donors (Lipinski definition) is 1. The Hall–Kier alpha value is -1.55. The number of rotatable bonds is 5. The number of amides is 1. The third kappa shape index (κ3) is 2.89. The van der Waals surface area contributed by atoms with Crippen molar-refractivity contribution in [1.29, 1.82) is 0 Å². The molecule has 0 aliphatic carbocycles. The third-order valence-electron chi connectivity index (χ3n) is 3.55. The Morgan fingerprint density at radius 1 is 1.42 bits per heavy atom. The molecular formula is C15H19NO2S. The fraction of sp³-hybridized carbons (Fsp3) is 0.400. The first-order valence-corrected chi connectivity index (χ1v) is 7.16. The van der Waals surface area contributed by atoms with Gasteiger partial charge in [0.25, 0.3) is 0 Å². The number of fused-ring (bicyclic) bond motifs is 1. The molecule has 1 aromatic heterocycles. The molecule has 19 heavy (non-hydrogen) atoms. The first-order valence-electron chi connectivity index (χ1n) is 6.28. The third-order valence-corrected chi connectivity index (χ3v) is 4.56. The average Bonchev–Trinajstić information content (AvgIpc) is 2.78. The summed E-state index contributed by atoms with van der Waals surface area (Å²) in [6.45, 7) is 3.79. The van der Waals surface area contributed by atoms with Crippen LogP contribution in [-0.4, -0.2) is 13.0 Å². The van der Waals surface area contributed by atoms with E-state index in [9.17, 15) is 4.79 Å². The van der Waals surface area contributed by atoms with Gasteiger partial charge >= 0.3 is 0 Å². The van der Waals surface area contributed by atoms with Gasteiger partial charge in [0, 0.05) is 10.1 Å². The Labute approximate surface area is 117 Å². The van der Waals surface area contributed by atoms with E-state index >= 15 is 0 Å². The number of hydrogen-bond acceptors (Lipinski definition) is 3. The summed E-state index contributed by atoms with van der Waals surface area (Å²) in [6, 6.07) is 6.09. The van der Waals surface area contributed by atoms with Crippen LogP contribution in [0.25, 0.3) is 10.1 Å². The molecule has 3 nitrogen and oxygen atoms in total. The molecular weight excluding hydrogens is 258 g/mol. The Balaban J connectivity index is 2.23. The van der Waals surface area contributed by atoms with E-state index < -0.39 is 5.41 Å². The number of primary amides is 1. The largest absolute Gasteiger partial charge is 0.497 e. The second-order valence-corrected chi connectivity index (χ2v) is 6.28. The van der Waals surface area contributed by atoms with Crippen molar-refractivity contribution in [2.24, 2.45) is 11.1 Å². The van der Waals surface area contributed by atoms with Gasteiger partial charge in [-0.05, 0) is 47.4 Å². The molecule has 0 saturated carbocycles. The first-order chi connectivity index (χ1) is 8.94. The molecule has 0 aliphatic rings. The molecule has 4 heteroatoms. The summed E-state index contributed by atoms with van der Waals surface area (Å²) >= 11 is 1.72. The minimum Gasteiger partial charge on any atom is -0.497 e. The van der Waals surface area contributed by atoms with Gasteiger partial charge in [0.1, 0.15) is 5.75 Å². The fourth-order valence-corrected chi connectivity index (χ4v) is 2.93. The highest BCUT2D eigenvalue weighted by atomic mass is 32.1. The van der Waals surface area contributed by atoms with Crippen molar-refractivity contribution < 1.29 is 9.53 Å². The standard InChI is InChI=1S/C15H19NO2S/c1-15(2,14(16)17)7-6-10-9-19-13-5-4-11(18-3)8-12(10)13/h4-5,8-9H,6-7H2,1-3H3,(H2,16,17). The van der Waals surface area contributed by atoms with Gasteiger partial charge in [-0.25, -0.2) is 0 Å². The highest BCUT2D eigenvalue weighted by Gasteiger charge is 2.24. The number of aryl methyl sites for hydroxylation is 1. The maximum Gasteiger partial charge on any atom is 0.223 e. The van der Waals surface area contributed by atoms with Crippen molar-refractivity contribution in [1.82, 2.24) is 0 Å². The molecule has 0 spiro atoms. The summed E-state index contributed by atoms with van der Waals surface area (Å²) in [5.41, 5.74) is 6.20. The van der Waals surface area contributed by atoms with Crippen molar-refractivity contribution in [3.63, 3.8) is 0 Å².